The van der Waals surface area contributed by atoms with Gasteiger partial charge in [-0.05, 0) is 19.1 Å². The molecular weight excluding hydrogens is 278 g/mol. The van der Waals surface area contributed by atoms with Crippen LogP contribution in [0.4, 0.5) is 5.69 Å². The van der Waals surface area contributed by atoms with E-state index in [-0.39, 0.29) is 22.9 Å². The van der Waals surface area contributed by atoms with Crippen molar-refractivity contribution in [2.45, 2.75) is 13.0 Å². The first kappa shape index (κ1) is 14.8. The first-order valence-corrected chi connectivity index (χ1v) is 6.37. The largest absolute Gasteiger partial charge is 0.490 e. The number of nitrogens with zero attached hydrogens (tertiary/aromatic N) is 2. The zero-order valence-corrected chi connectivity index (χ0v) is 11.7. The molecule has 2 amide bonds. The molecule has 1 aromatic carbocycles. The molecule has 0 saturated carbocycles. The van der Waals surface area contributed by atoms with E-state index < -0.39 is 16.9 Å². The maximum Gasteiger partial charge on any atom is 0.311 e. The van der Waals surface area contributed by atoms with Crippen LogP contribution >= 0.6 is 0 Å². The van der Waals surface area contributed by atoms with Crippen molar-refractivity contribution in [1.29, 1.82) is 0 Å². The van der Waals surface area contributed by atoms with Crippen LogP contribution in [0.25, 0.3) is 0 Å². The van der Waals surface area contributed by atoms with Gasteiger partial charge in [-0.25, -0.2) is 0 Å². The number of nitrogens with one attached hydrogen (secondary N) is 1. The molecule has 1 aromatic rings. The molecule has 1 atom stereocenters. The summed E-state index contributed by atoms with van der Waals surface area (Å²) in [5, 5.41) is 13.6. The van der Waals surface area contributed by atoms with Crippen LogP contribution in [0.15, 0.2) is 18.2 Å². The predicted octanol–water partition coefficient (Wildman–Crippen LogP) is 0.564. The SMILES string of the molecule is COc1ccc(C(=O)N2CCNC(=O)C2C)cc1[N+](=O)[O-]. The molecule has 8 heteroatoms. The summed E-state index contributed by atoms with van der Waals surface area (Å²) in [6, 6.07) is 3.39. The standard InChI is InChI=1S/C13H15N3O5/c1-8-12(17)14-5-6-15(8)13(18)9-3-4-11(21-2)10(7-9)16(19)20/h3-4,7-8H,5-6H2,1-2H3,(H,14,17). The van der Waals surface area contributed by atoms with Crippen molar-refractivity contribution in [2.24, 2.45) is 0 Å². The lowest BCUT2D eigenvalue weighted by Crippen LogP contribution is -2.55. The van der Waals surface area contributed by atoms with E-state index in [9.17, 15) is 19.7 Å². The van der Waals surface area contributed by atoms with Crippen LogP contribution in [0.3, 0.4) is 0 Å². The number of carbonyl (C=O) groups is 2. The minimum atomic E-state index is -0.609. The van der Waals surface area contributed by atoms with Crippen LogP contribution in [0.2, 0.25) is 0 Å². The number of benzene rings is 1. The highest BCUT2D eigenvalue weighted by Crippen LogP contribution is 2.28. The lowest BCUT2D eigenvalue weighted by molar-refractivity contribution is -0.385. The average Bonchev–Trinajstić information content (AvgIpc) is 2.48. The second-order valence-corrected chi connectivity index (χ2v) is 4.61. The van der Waals surface area contributed by atoms with Crippen LogP contribution < -0.4 is 10.1 Å². The Morgan fingerprint density at radius 3 is 2.86 bits per heavy atom. The maximum atomic E-state index is 12.4. The summed E-state index contributed by atoms with van der Waals surface area (Å²) in [6.45, 7) is 2.35. The molecule has 1 aliphatic heterocycles. The molecule has 2 rings (SSSR count). The van der Waals surface area contributed by atoms with Gasteiger partial charge in [-0.15, -0.1) is 0 Å². The summed E-state index contributed by atoms with van der Waals surface area (Å²) in [5.74, 6) is -0.568. The van der Waals surface area contributed by atoms with Crippen molar-refractivity contribution < 1.29 is 19.2 Å². The van der Waals surface area contributed by atoms with Crippen molar-refractivity contribution >= 4 is 17.5 Å². The summed E-state index contributed by atoms with van der Waals surface area (Å²) in [7, 11) is 1.32. The third-order valence-corrected chi connectivity index (χ3v) is 3.38. The van der Waals surface area contributed by atoms with Crippen LogP contribution in [-0.2, 0) is 4.79 Å². The number of nitro groups is 1. The Hall–Kier alpha value is -2.64. The average molecular weight is 293 g/mol. The van der Waals surface area contributed by atoms with Gasteiger partial charge in [-0.2, -0.15) is 0 Å². The number of carbonyl (C=O) groups excluding carboxylic acids is 2. The molecule has 0 bridgehead atoms. The molecule has 1 unspecified atom stereocenters. The van der Waals surface area contributed by atoms with E-state index in [2.05, 4.69) is 5.32 Å². The van der Waals surface area contributed by atoms with E-state index >= 15 is 0 Å². The maximum absolute atomic E-state index is 12.4. The number of nitro benzene ring substituents is 1. The lowest BCUT2D eigenvalue weighted by Gasteiger charge is -2.32. The van der Waals surface area contributed by atoms with Crippen LogP contribution in [0.1, 0.15) is 17.3 Å². The fourth-order valence-corrected chi connectivity index (χ4v) is 2.19. The van der Waals surface area contributed by atoms with E-state index in [0.717, 1.165) is 0 Å². The van der Waals surface area contributed by atoms with Gasteiger partial charge in [0.2, 0.25) is 5.91 Å². The summed E-state index contributed by atoms with van der Waals surface area (Å²) in [6.07, 6.45) is 0. The summed E-state index contributed by atoms with van der Waals surface area (Å²) in [5.41, 5.74) is -0.124. The van der Waals surface area contributed by atoms with Crippen molar-refractivity contribution in [3.8, 4) is 5.75 Å². The Kier molecular flexibility index (Phi) is 4.06. The first-order chi connectivity index (χ1) is 9.95. The molecule has 8 nitrogen and oxygen atoms in total. The molecule has 0 radical (unpaired) electrons. The topological polar surface area (TPSA) is 102 Å². The lowest BCUT2D eigenvalue weighted by atomic mass is 10.1. The molecule has 0 spiro atoms. The van der Waals surface area contributed by atoms with Gasteiger partial charge >= 0.3 is 5.69 Å². The highest BCUT2D eigenvalue weighted by molar-refractivity contribution is 5.98. The Bertz CT molecular complexity index is 601. The Morgan fingerprint density at radius 1 is 1.52 bits per heavy atom. The summed E-state index contributed by atoms with van der Waals surface area (Å²) >= 11 is 0. The van der Waals surface area contributed by atoms with Gasteiger partial charge in [0.15, 0.2) is 5.75 Å². The van der Waals surface area contributed by atoms with E-state index in [1.54, 1.807) is 6.92 Å². The Labute approximate surface area is 120 Å². The monoisotopic (exact) mass is 293 g/mol. The van der Waals surface area contributed by atoms with Gasteiger partial charge in [0.05, 0.1) is 12.0 Å². The van der Waals surface area contributed by atoms with Gasteiger partial charge < -0.3 is 15.0 Å². The fraction of sp³-hybridized carbons (Fsp3) is 0.385. The molecule has 0 aromatic heterocycles. The number of amides is 2. The molecule has 21 heavy (non-hydrogen) atoms. The third-order valence-electron chi connectivity index (χ3n) is 3.38. The number of rotatable bonds is 3. The van der Waals surface area contributed by atoms with E-state index in [0.29, 0.717) is 13.1 Å². The molecular formula is C13H15N3O5. The van der Waals surface area contributed by atoms with Crippen LogP contribution in [0.5, 0.6) is 5.75 Å². The van der Waals surface area contributed by atoms with Crippen LogP contribution in [0, 0.1) is 10.1 Å². The van der Waals surface area contributed by atoms with E-state index in [1.807, 2.05) is 0 Å². The minimum Gasteiger partial charge on any atom is -0.490 e. The predicted molar refractivity (Wildman–Crippen MR) is 73.2 cm³/mol. The summed E-state index contributed by atoms with van der Waals surface area (Å²) in [4.78, 5) is 35.8. The normalized spacial score (nSPS) is 18.1. The number of methoxy groups -OCH3 is 1. The number of piperazine rings is 1. The molecule has 1 aliphatic rings. The summed E-state index contributed by atoms with van der Waals surface area (Å²) < 4.78 is 4.89. The minimum absolute atomic E-state index is 0.0842. The van der Waals surface area contributed by atoms with Crippen LogP contribution in [-0.4, -0.2) is 47.9 Å². The number of hydrogen-bond donors (Lipinski definition) is 1. The van der Waals surface area contributed by atoms with E-state index in [4.69, 9.17) is 4.74 Å². The third kappa shape index (κ3) is 2.78. The molecule has 112 valence electrons. The van der Waals surface area contributed by atoms with Gasteiger partial charge in [0, 0.05) is 24.7 Å². The fourth-order valence-electron chi connectivity index (χ4n) is 2.19. The number of hydrogen-bond acceptors (Lipinski definition) is 5. The highest BCUT2D eigenvalue weighted by Gasteiger charge is 2.31. The van der Waals surface area contributed by atoms with Gasteiger partial charge in [-0.3, -0.25) is 19.7 Å². The van der Waals surface area contributed by atoms with Crippen molar-refractivity contribution in [3.63, 3.8) is 0 Å². The second kappa shape index (κ2) is 5.78. The highest BCUT2D eigenvalue weighted by atomic mass is 16.6. The Balaban J connectivity index is 2.33. The first-order valence-electron chi connectivity index (χ1n) is 6.37. The Morgan fingerprint density at radius 2 is 2.24 bits per heavy atom. The molecule has 1 heterocycles. The molecule has 1 saturated heterocycles. The zero-order valence-electron chi connectivity index (χ0n) is 11.7. The molecule has 1 fully saturated rings. The van der Waals surface area contributed by atoms with E-state index in [1.165, 1.54) is 30.2 Å². The van der Waals surface area contributed by atoms with Crippen molar-refractivity contribution in [3.05, 3.63) is 33.9 Å². The number of ether oxygens (including phenoxy) is 1. The quantitative estimate of drug-likeness (QED) is 0.648. The van der Waals surface area contributed by atoms with Gasteiger partial charge in [-0.1, -0.05) is 0 Å². The second-order valence-electron chi connectivity index (χ2n) is 4.61. The van der Waals surface area contributed by atoms with Gasteiger partial charge in [0.25, 0.3) is 5.91 Å². The van der Waals surface area contributed by atoms with Crippen molar-refractivity contribution in [1.82, 2.24) is 10.2 Å². The zero-order chi connectivity index (χ0) is 15.6. The van der Waals surface area contributed by atoms with Gasteiger partial charge in [0.1, 0.15) is 6.04 Å². The molecule has 1 N–H and O–H groups in total. The van der Waals surface area contributed by atoms with Crippen molar-refractivity contribution in [2.75, 3.05) is 20.2 Å². The smallest absolute Gasteiger partial charge is 0.311 e. The molecule has 0 aliphatic carbocycles.